The fraction of sp³-hybridized carbons (Fsp3) is 0.225. The number of carbonyl (C=O) groups excluding carboxylic acids is 3. The molecule has 268 valence electrons. The lowest BCUT2D eigenvalue weighted by Crippen LogP contribution is -2.48. The summed E-state index contributed by atoms with van der Waals surface area (Å²) in [6.45, 7) is 5.34. The van der Waals surface area contributed by atoms with Crippen molar-refractivity contribution in [3.05, 3.63) is 119 Å². The number of aromatic nitrogens is 4. The molecule has 2 aromatic carbocycles. The van der Waals surface area contributed by atoms with Gasteiger partial charge in [0.1, 0.15) is 11.4 Å². The highest BCUT2D eigenvalue weighted by Crippen LogP contribution is 2.29. The summed E-state index contributed by atoms with van der Waals surface area (Å²) in [5, 5.41) is 12.1. The summed E-state index contributed by atoms with van der Waals surface area (Å²) < 4.78 is 0. The highest BCUT2D eigenvalue weighted by Gasteiger charge is 2.33. The first-order valence-corrected chi connectivity index (χ1v) is 18.0. The second-order valence-corrected chi connectivity index (χ2v) is 14.1. The molecule has 13 heteroatoms. The molecule has 3 amide bonds. The van der Waals surface area contributed by atoms with Crippen LogP contribution in [0.3, 0.4) is 0 Å². The van der Waals surface area contributed by atoms with Crippen LogP contribution in [0.15, 0.2) is 97.6 Å². The number of nitrogens with one attached hydrogen (secondary N) is 3. The number of piperazine rings is 1. The number of halogens is 2. The Morgan fingerprint density at radius 3 is 1.81 bits per heavy atom. The highest BCUT2D eigenvalue weighted by atomic mass is 35.5. The summed E-state index contributed by atoms with van der Waals surface area (Å²) in [6.07, 6.45) is 8.17. The number of amides is 3. The van der Waals surface area contributed by atoms with Crippen molar-refractivity contribution >= 4 is 62.7 Å². The van der Waals surface area contributed by atoms with Gasteiger partial charge in [0.05, 0.1) is 16.6 Å². The van der Waals surface area contributed by atoms with Gasteiger partial charge in [0.15, 0.2) is 0 Å². The summed E-state index contributed by atoms with van der Waals surface area (Å²) >= 11 is 12.0. The van der Waals surface area contributed by atoms with Crippen molar-refractivity contribution in [3.8, 4) is 22.3 Å². The monoisotopic (exact) mass is 746 g/mol. The quantitative estimate of drug-likeness (QED) is 0.179. The molecule has 0 bridgehead atoms. The van der Waals surface area contributed by atoms with Gasteiger partial charge in [-0.15, -0.1) is 0 Å². The van der Waals surface area contributed by atoms with Crippen molar-refractivity contribution in [1.29, 1.82) is 0 Å². The molecule has 2 aliphatic rings. The molecule has 2 fully saturated rings. The number of nitrogens with zero attached hydrogens (tertiary/aromatic N) is 5. The Hall–Kier alpha value is -5.49. The van der Waals surface area contributed by atoms with E-state index in [1.165, 1.54) is 0 Å². The maximum Gasteiger partial charge on any atom is 0.272 e. The van der Waals surface area contributed by atoms with Crippen molar-refractivity contribution < 1.29 is 14.4 Å². The van der Waals surface area contributed by atoms with Crippen LogP contribution < -0.4 is 16.0 Å². The van der Waals surface area contributed by atoms with E-state index in [4.69, 9.17) is 23.2 Å². The summed E-state index contributed by atoms with van der Waals surface area (Å²) in [7, 11) is 0. The zero-order chi connectivity index (χ0) is 37.0. The summed E-state index contributed by atoms with van der Waals surface area (Å²) in [5.41, 5.74) is 5.47. The van der Waals surface area contributed by atoms with Crippen LogP contribution in [0, 0.1) is 0 Å². The highest BCUT2D eigenvalue weighted by molar-refractivity contribution is 6.31. The smallest absolute Gasteiger partial charge is 0.272 e. The van der Waals surface area contributed by atoms with Gasteiger partial charge in [-0.05, 0) is 73.0 Å². The lowest BCUT2D eigenvalue weighted by molar-refractivity contribution is -0.119. The fourth-order valence-corrected chi connectivity index (χ4v) is 6.64. The average Bonchev–Trinajstić information content (AvgIpc) is 3.54. The van der Waals surface area contributed by atoms with E-state index in [0.29, 0.717) is 59.4 Å². The van der Waals surface area contributed by atoms with Crippen LogP contribution >= 0.6 is 23.2 Å². The molecule has 6 heterocycles. The van der Waals surface area contributed by atoms with Gasteiger partial charge in [0.2, 0.25) is 5.91 Å². The molecule has 2 saturated heterocycles. The Kier molecular flexibility index (Phi) is 10.6. The minimum Gasteiger partial charge on any atom is -0.349 e. The predicted molar refractivity (Wildman–Crippen MR) is 207 cm³/mol. The topological polar surface area (TPSA) is 142 Å². The molecule has 0 aliphatic carbocycles. The molecule has 3 N–H and O–H groups in total. The van der Waals surface area contributed by atoms with Gasteiger partial charge < -0.3 is 20.9 Å². The van der Waals surface area contributed by atoms with E-state index >= 15 is 0 Å². The van der Waals surface area contributed by atoms with Crippen molar-refractivity contribution in [2.45, 2.75) is 25.3 Å². The molecule has 6 aromatic rings. The zero-order valence-corrected chi connectivity index (χ0v) is 30.4. The van der Waals surface area contributed by atoms with E-state index in [9.17, 15) is 14.4 Å². The number of hydrogen-bond acceptors (Lipinski definition) is 8. The van der Waals surface area contributed by atoms with Crippen molar-refractivity contribution in [3.63, 3.8) is 0 Å². The molecule has 0 saturated carbocycles. The molecule has 53 heavy (non-hydrogen) atoms. The number of rotatable bonds is 6. The first kappa shape index (κ1) is 35.9. The molecule has 0 spiro atoms. The molecule has 4 aromatic heterocycles. The van der Waals surface area contributed by atoms with Crippen molar-refractivity contribution in [2.75, 3.05) is 32.7 Å². The van der Waals surface area contributed by atoms with Gasteiger partial charge in [-0.1, -0.05) is 47.5 Å². The standard InChI is InChI=1S/C21H19ClN4O2.C19H17ClN4O/c1-21(9-8-18(27)26-21)12-24-20(28)17-7-4-14-10-23-11-16(19(14)25-17)13-2-5-15(22)6-3-13;20-15-4-1-13(2-5-15)16-12-22-11-14-3-6-17(23-18(14)16)19(25)24-9-7-21-8-10-24/h2-7,10-11H,8-9,12H2,1H3,(H,24,28)(H,26,27);1-6,11-12,21H,7-10H2. The largest absolute Gasteiger partial charge is 0.349 e. The maximum atomic E-state index is 12.7. The molecule has 8 rings (SSSR count). The first-order chi connectivity index (χ1) is 25.7. The van der Waals surface area contributed by atoms with Crippen LogP contribution in [-0.4, -0.2) is 80.8 Å². The van der Waals surface area contributed by atoms with Gasteiger partial charge in [-0.2, -0.15) is 0 Å². The first-order valence-electron chi connectivity index (χ1n) is 17.3. The van der Waals surface area contributed by atoms with E-state index in [2.05, 4.69) is 35.9 Å². The van der Waals surface area contributed by atoms with Crippen molar-refractivity contribution in [2.24, 2.45) is 0 Å². The predicted octanol–water partition coefficient (Wildman–Crippen LogP) is 6.34. The number of carbonyl (C=O) groups is 3. The number of hydrogen-bond donors (Lipinski definition) is 3. The van der Waals surface area contributed by atoms with Crippen LogP contribution in [0.5, 0.6) is 0 Å². The second-order valence-electron chi connectivity index (χ2n) is 13.3. The van der Waals surface area contributed by atoms with Gasteiger partial charge in [-0.3, -0.25) is 24.4 Å². The Morgan fingerprint density at radius 2 is 1.28 bits per heavy atom. The molecule has 1 unspecified atom stereocenters. The Balaban J connectivity index is 0.000000165. The number of benzene rings is 2. The van der Waals surface area contributed by atoms with Gasteiger partial charge in [-0.25, -0.2) is 9.97 Å². The Labute approximate surface area is 316 Å². The SMILES string of the molecule is CC1(CNC(=O)c2ccc3cncc(-c4ccc(Cl)cc4)c3n2)CCC(=O)N1.O=C(c1ccc2cncc(-c3ccc(Cl)cc3)c2n1)N1CCNCC1. The fourth-order valence-electron chi connectivity index (χ4n) is 6.39. The summed E-state index contributed by atoms with van der Waals surface area (Å²) in [4.78, 5) is 56.5. The Bertz CT molecular complexity index is 2320. The third-order valence-corrected chi connectivity index (χ3v) is 9.85. The minimum absolute atomic E-state index is 0.0145. The molecule has 1 atom stereocenters. The molecular formula is C40H36Cl2N8O3. The van der Waals surface area contributed by atoms with Crippen molar-refractivity contribution in [1.82, 2.24) is 40.8 Å². The maximum absolute atomic E-state index is 12.7. The van der Waals surface area contributed by atoms with E-state index < -0.39 is 5.54 Å². The average molecular weight is 748 g/mol. The molecular weight excluding hydrogens is 711 g/mol. The molecule has 11 nitrogen and oxygen atoms in total. The second kappa shape index (κ2) is 15.6. The third kappa shape index (κ3) is 8.28. The van der Waals surface area contributed by atoms with Crippen LogP contribution in [0.4, 0.5) is 0 Å². The molecule has 0 radical (unpaired) electrons. The van der Waals surface area contributed by atoms with E-state index in [1.807, 2.05) is 72.5 Å². The van der Waals surface area contributed by atoms with Gasteiger partial charge in [0.25, 0.3) is 11.8 Å². The summed E-state index contributed by atoms with van der Waals surface area (Å²) in [6, 6.07) is 22.2. The number of fused-ring (bicyclic) bond motifs is 2. The van der Waals surface area contributed by atoms with Crippen LogP contribution in [-0.2, 0) is 4.79 Å². The van der Waals surface area contributed by atoms with Crippen LogP contribution in [0.1, 0.15) is 40.7 Å². The van der Waals surface area contributed by atoms with E-state index in [1.54, 1.807) is 36.9 Å². The molecule has 2 aliphatic heterocycles. The zero-order valence-electron chi connectivity index (χ0n) is 28.9. The van der Waals surface area contributed by atoms with Gasteiger partial charge in [0, 0.05) is 95.9 Å². The minimum atomic E-state index is -0.415. The Morgan fingerprint density at radius 1 is 0.755 bits per heavy atom. The van der Waals surface area contributed by atoms with Crippen LogP contribution in [0.2, 0.25) is 10.0 Å². The lowest BCUT2D eigenvalue weighted by atomic mass is 10.0. The van der Waals surface area contributed by atoms with E-state index in [0.717, 1.165) is 51.6 Å². The van der Waals surface area contributed by atoms with Crippen LogP contribution in [0.25, 0.3) is 44.1 Å². The third-order valence-electron chi connectivity index (χ3n) is 9.35. The van der Waals surface area contributed by atoms with Gasteiger partial charge >= 0.3 is 0 Å². The summed E-state index contributed by atoms with van der Waals surface area (Å²) in [5.74, 6) is -0.286. The van der Waals surface area contributed by atoms with E-state index in [-0.39, 0.29) is 17.7 Å². The normalized spacial score (nSPS) is 16.9. The lowest BCUT2D eigenvalue weighted by Gasteiger charge is -2.27. The number of pyridine rings is 4.